The van der Waals surface area contributed by atoms with Crippen LogP contribution in [-0.4, -0.2) is 36.1 Å². The second-order valence-electron chi connectivity index (χ2n) is 4.17. The minimum atomic E-state index is 0.663. The predicted molar refractivity (Wildman–Crippen MR) is 80.4 cm³/mol. The number of hydrogen-bond acceptors (Lipinski definition) is 4. The number of benzene rings is 1. The van der Waals surface area contributed by atoms with Crippen LogP contribution in [0.1, 0.15) is 5.69 Å². The summed E-state index contributed by atoms with van der Waals surface area (Å²) in [6.45, 7) is 3.41. The quantitative estimate of drug-likeness (QED) is 0.651. The van der Waals surface area contributed by atoms with E-state index >= 15 is 0 Å². The van der Waals surface area contributed by atoms with E-state index in [1.54, 1.807) is 18.9 Å². The predicted octanol–water partition coefficient (Wildman–Crippen LogP) is 2.96. The first-order valence-electron chi connectivity index (χ1n) is 6.18. The van der Waals surface area contributed by atoms with E-state index in [9.17, 15) is 0 Å². The highest BCUT2D eigenvalue weighted by Crippen LogP contribution is 2.26. The number of anilines is 1. The molecule has 0 aliphatic rings. The molecule has 19 heavy (non-hydrogen) atoms. The fourth-order valence-electron chi connectivity index (χ4n) is 1.90. The number of nitrogens with zero attached hydrogens (tertiary/aromatic N) is 2. The number of hydrogen-bond donors (Lipinski definition) is 1. The van der Waals surface area contributed by atoms with Crippen LogP contribution in [0, 0.1) is 6.92 Å². The van der Waals surface area contributed by atoms with Crippen molar-refractivity contribution in [2.24, 2.45) is 0 Å². The van der Waals surface area contributed by atoms with Crippen molar-refractivity contribution in [1.82, 2.24) is 9.55 Å². The van der Waals surface area contributed by atoms with Gasteiger partial charge in [0.15, 0.2) is 0 Å². The van der Waals surface area contributed by atoms with Crippen LogP contribution in [0.2, 0.25) is 0 Å². The van der Waals surface area contributed by atoms with Crippen LogP contribution in [0.4, 0.5) is 5.95 Å². The average Bonchev–Trinajstić information content (AvgIpc) is 2.80. The molecule has 0 aliphatic heterocycles. The minimum absolute atomic E-state index is 0.663. The Balaban J connectivity index is 2.33. The second kappa shape index (κ2) is 6.63. The van der Waals surface area contributed by atoms with Crippen molar-refractivity contribution in [3.8, 4) is 5.69 Å². The molecule has 0 saturated carbocycles. The van der Waals surface area contributed by atoms with E-state index in [2.05, 4.69) is 39.3 Å². The number of imidazole rings is 1. The van der Waals surface area contributed by atoms with Gasteiger partial charge in [-0.05, 0) is 25.3 Å². The topological polar surface area (TPSA) is 39.1 Å². The average molecular weight is 277 g/mol. The van der Waals surface area contributed by atoms with Crippen LogP contribution in [0.25, 0.3) is 5.69 Å². The Morgan fingerprint density at radius 2 is 2.16 bits per heavy atom. The zero-order valence-corrected chi connectivity index (χ0v) is 12.3. The van der Waals surface area contributed by atoms with Crippen LogP contribution in [0.5, 0.6) is 0 Å². The van der Waals surface area contributed by atoms with Gasteiger partial charge in [0.05, 0.1) is 18.0 Å². The summed E-state index contributed by atoms with van der Waals surface area (Å²) >= 11 is 1.74. The molecule has 1 aromatic heterocycles. The Kier molecular flexibility index (Phi) is 4.87. The van der Waals surface area contributed by atoms with Crippen LogP contribution >= 0.6 is 11.8 Å². The van der Waals surface area contributed by atoms with Gasteiger partial charge in [0.2, 0.25) is 5.95 Å². The number of thioether (sulfide) groups is 1. The molecule has 0 amide bonds. The van der Waals surface area contributed by atoms with Gasteiger partial charge in [-0.25, -0.2) is 4.98 Å². The molecule has 0 unspecified atom stereocenters. The smallest absolute Gasteiger partial charge is 0.207 e. The van der Waals surface area contributed by atoms with E-state index in [4.69, 9.17) is 4.74 Å². The van der Waals surface area contributed by atoms with Gasteiger partial charge in [-0.2, -0.15) is 0 Å². The second-order valence-corrected chi connectivity index (χ2v) is 5.02. The monoisotopic (exact) mass is 277 g/mol. The van der Waals surface area contributed by atoms with Crippen molar-refractivity contribution in [2.75, 3.05) is 31.8 Å². The van der Waals surface area contributed by atoms with Crippen LogP contribution < -0.4 is 5.32 Å². The number of para-hydroxylation sites is 1. The highest BCUT2D eigenvalue weighted by Gasteiger charge is 2.10. The minimum Gasteiger partial charge on any atom is -0.383 e. The summed E-state index contributed by atoms with van der Waals surface area (Å²) in [4.78, 5) is 5.75. The maximum absolute atomic E-state index is 5.06. The molecular weight excluding hydrogens is 258 g/mol. The van der Waals surface area contributed by atoms with Crippen LogP contribution in [0.15, 0.2) is 35.4 Å². The van der Waals surface area contributed by atoms with Crippen molar-refractivity contribution in [1.29, 1.82) is 0 Å². The van der Waals surface area contributed by atoms with E-state index in [1.807, 2.05) is 19.2 Å². The lowest BCUT2D eigenvalue weighted by atomic mass is 10.3. The van der Waals surface area contributed by atoms with Crippen LogP contribution in [-0.2, 0) is 4.74 Å². The summed E-state index contributed by atoms with van der Waals surface area (Å²) in [6, 6.07) is 8.32. The summed E-state index contributed by atoms with van der Waals surface area (Å²) in [5, 5.41) is 3.30. The standard InChI is InChI=1S/C14H19N3OS/c1-11-10-17(14(16-11)15-8-9-18-2)12-6-4-5-7-13(12)19-3/h4-7,10H,8-9H2,1-3H3,(H,15,16). The third-order valence-electron chi connectivity index (χ3n) is 2.76. The Morgan fingerprint density at radius 3 is 2.89 bits per heavy atom. The summed E-state index contributed by atoms with van der Waals surface area (Å²) in [5.74, 6) is 0.857. The van der Waals surface area contributed by atoms with E-state index in [1.165, 1.54) is 4.90 Å². The Morgan fingerprint density at radius 1 is 1.37 bits per heavy atom. The fraction of sp³-hybridized carbons (Fsp3) is 0.357. The molecule has 0 bridgehead atoms. The third kappa shape index (κ3) is 3.30. The first kappa shape index (κ1) is 14.0. The molecule has 2 aromatic rings. The van der Waals surface area contributed by atoms with Gasteiger partial charge in [0.1, 0.15) is 0 Å². The number of aromatic nitrogens is 2. The SMILES string of the molecule is COCCNc1nc(C)cn1-c1ccccc1SC. The molecule has 0 saturated heterocycles. The van der Waals surface area contributed by atoms with Gasteiger partial charge in [-0.15, -0.1) is 11.8 Å². The molecule has 0 aliphatic carbocycles. The summed E-state index contributed by atoms with van der Waals surface area (Å²) < 4.78 is 7.15. The van der Waals surface area contributed by atoms with Crippen molar-refractivity contribution in [2.45, 2.75) is 11.8 Å². The van der Waals surface area contributed by atoms with Crippen molar-refractivity contribution in [3.05, 3.63) is 36.2 Å². The Labute approximate surface area is 118 Å². The van der Waals surface area contributed by atoms with Crippen LogP contribution in [0.3, 0.4) is 0 Å². The van der Waals surface area contributed by atoms with E-state index in [-0.39, 0.29) is 0 Å². The summed E-state index contributed by atoms with van der Waals surface area (Å²) in [7, 11) is 1.70. The van der Waals surface area contributed by atoms with Gasteiger partial charge >= 0.3 is 0 Å². The number of rotatable bonds is 6. The largest absolute Gasteiger partial charge is 0.383 e. The van der Waals surface area contributed by atoms with E-state index in [0.29, 0.717) is 6.61 Å². The molecule has 102 valence electrons. The lowest BCUT2D eigenvalue weighted by molar-refractivity contribution is 0.210. The highest BCUT2D eigenvalue weighted by molar-refractivity contribution is 7.98. The zero-order chi connectivity index (χ0) is 13.7. The molecule has 1 N–H and O–H groups in total. The van der Waals surface area contributed by atoms with Gasteiger partial charge in [-0.1, -0.05) is 12.1 Å². The summed E-state index contributed by atoms with van der Waals surface area (Å²) in [5.41, 5.74) is 2.14. The van der Waals surface area contributed by atoms with Gasteiger partial charge in [-0.3, -0.25) is 4.57 Å². The van der Waals surface area contributed by atoms with E-state index in [0.717, 1.165) is 23.9 Å². The van der Waals surface area contributed by atoms with Gasteiger partial charge in [0, 0.05) is 24.7 Å². The maximum Gasteiger partial charge on any atom is 0.207 e. The first-order chi connectivity index (χ1) is 9.26. The fourth-order valence-corrected chi connectivity index (χ4v) is 2.49. The highest BCUT2D eigenvalue weighted by atomic mass is 32.2. The number of methoxy groups -OCH3 is 1. The molecule has 4 nitrogen and oxygen atoms in total. The molecule has 0 spiro atoms. The zero-order valence-electron chi connectivity index (χ0n) is 11.5. The third-order valence-corrected chi connectivity index (χ3v) is 3.55. The molecule has 1 heterocycles. The molecule has 0 atom stereocenters. The Hall–Kier alpha value is -1.46. The van der Waals surface area contributed by atoms with Crippen molar-refractivity contribution < 1.29 is 4.74 Å². The molecular formula is C14H19N3OS. The normalized spacial score (nSPS) is 10.7. The maximum atomic E-state index is 5.06. The number of ether oxygens (including phenoxy) is 1. The molecule has 0 fully saturated rings. The van der Waals surface area contributed by atoms with Crippen molar-refractivity contribution in [3.63, 3.8) is 0 Å². The molecule has 1 aromatic carbocycles. The molecule has 2 rings (SSSR count). The Bertz CT molecular complexity index is 539. The lowest BCUT2D eigenvalue weighted by Crippen LogP contribution is -2.11. The molecule has 5 heteroatoms. The summed E-state index contributed by atoms with van der Waals surface area (Å²) in [6.07, 6.45) is 4.13. The van der Waals surface area contributed by atoms with Crippen molar-refractivity contribution >= 4 is 17.7 Å². The number of nitrogens with one attached hydrogen (secondary N) is 1. The van der Waals surface area contributed by atoms with Gasteiger partial charge < -0.3 is 10.1 Å². The molecule has 0 radical (unpaired) electrons. The number of aryl methyl sites for hydroxylation is 1. The first-order valence-corrected chi connectivity index (χ1v) is 7.41. The van der Waals surface area contributed by atoms with E-state index < -0.39 is 0 Å². The lowest BCUT2D eigenvalue weighted by Gasteiger charge is -2.12. The van der Waals surface area contributed by atoms with Gasteiger partial charge in [0.25, 0.3) is 0 Å².